The van der Waals surface area contributed by atoms with E-state index in [0.29, 0.717) is 5.75 Å². The molecule has 0 heterocycles. The summed E-state index contributed by atoms with van der Waals surface area (Å²) in [5.41, 5.74) is 0.420. The number of hydrogen-bond donors (Lipinski definition) is 2. The van der Waals surface area contributed by atoms with Crippen molar-refractivity contribution in [3.63, 3.8) is 0 Å². The number of anilines is 2. The van der Waals surface area contributed by atoms with Crippen LogP contribution in [0, 0.1) is 0 Å². The van der Waals surface area contributed by atoms with Gasteiger partial charge >= 0.3 is 6.09 Å². The molecular weight excluding hydrogens is 396 g/mol. The molecule has 0 aliphatic heterocycles. The molecule has 0 aliphatic carbocycles. The Morgan fingerprint density at radius 3 is 2.33 bits per heavy atom. The maximum atomic E-state index is 12.7. The van der Waals surface area contributed by atoms with Crippen LogP contribution in [0.2, 0.25) is 5.02 Å². The van der Waals surface area contributed by atoms with Gasteiger partial charge in [-0.25, -0.2) is 13.2 Å². The zero-order chi connectivity index (χ0) is 20.0. The molecule has 2 aromatic carbocycles. The van der Waals surface area contributed by atoms with Gasteiger partial charge in [0.25, 0.3) is 10.0 Å². The fourth-order valence-corrected chi connectivity index (χ4v) is 3.51. The quantitative estimate of drug-likeness (QED) is 0.715. The van der Waals surface area contributed by atoms with Gasteiger partial charge in [0.15, 0.2) is 0 Å². The number of methoxy groups -OCH3 is 2. The van der Waals surface area contributed by atoms with Crippen molar-refractivity contribution in [2.24, 2.45) is 0 Å². The Labute approximate surface area is 162 Å². The fraction of sp³-hybridized carbons (Fsp3) is 0.235. The first-order chi connectivity index (χ1) is 12.8. The van der Waals surface area contributed by atoms with Gasteiger partial charge in [-0.15, -0.1) is 0 Å². The van der Waals surface area contributed by atoms with E-state index >= 15 is 0 Å². The molecule has 2 N–H and O–H groups in total. The van der Waals surface area contributed by atoms with Crippen LogP contribution >= 0.6 is 11.6 Å². The average Bonchev–Trinajstić information content (AvgIpc) is 2.61. The van der Waals surface area contributed by atoms with Crippen LogP contribution in [-0.2, 0) is 14.8 Å². The van der Waals surface area contributed by atoms with Gasteiger partial charge in [0.2, 0.25) is 0 Å². The molecular formula is C17H19ClN2O6S. The van der Waals surface area contributed by atoms with Crippen molar-refractivity contribution in [3.05, 3.63) is 41.4 Å². The van der Waals surface area contributed by atoms with Crippen LogP contribution in [0.5, 0.6) is 11.5 Å². The number of hydrogen-bond acceptors (Lipinski definition) is 6. The van der Waals surface area contributed by atoms with Crippen molar-refractivity contribution in [3.8, 4) is 11.5 Å². The highest BCUT2D eigenvalue weighted by Gasteiger charge is 2.18. The Morgan fingerprint density at radius 2 is 1.74 bits per heavy atom. The number of carbonyl (C=O) groups is 1. The van der Waals surface area contributed by atoms with Crippen LogP contribution < -0.4 is 19.5 Å². The number of benzene rings is 2. The second-order valence-corrected chi connectivity index (χ2v) is 7.25. The van der Waals surface area contributed by atoms with Crippen LogP contribution in [0.3, 0.4) is 0 Å². The fourth-order valence-electron chi connectivity index (χ4n) is 2.17. The highest BCUT2D eigenvalue weighted by atomic mass is 35.5. The molecule has 146 valence electrons. The van der Waals surface area contributed by atoms with Crippen molar-refractivity contribution in [2.75, 3.05) is 30.9 Å². The van der Waals surface area contributed by atoms with E-state index in [1.165, 1.54) is 44.6 Å². The van der Waals surface area contributed by atoms with E-state index in [1.54, 1.807) is 13.0 Å². The molecule has 0 atom stereocenters. The van der Waals surface area contributed by atoms with Gasteiger partial charge in [-0.2, -0.15) is 0 Å². The molecule has 0 saturated carbocycles. The smallest absolute Gasteiger partial charge is 0.411 e. The van der Waals surface area contributed by atoms with Gasteiger partial charge in [0, 0.05) is 0 Å². The first kappa shape index (κ1) is 20.7. The summed E-state index contributed by atoms with van der Waals surface area (Å²) in [6.07, 6.45) is -0.722. The Kier molecular flexibility index (Phi) is 6.75. The van der Waals surface area contributed by atoms with E-state index in [9.17, 15) is 13.2 Å². The van der Waals surface area contributed by atoms with Crippen LogP contribution in [0.4, 0.5) is 16.2 Å². The third kappa shape index (κ3) is 5.18. The van der Waals surface area contributed by atoms with Gasteiger partial charge in [0.1, 0.15) is 11.5 Å². The predicted octanol–water partition coefficient (Wildman–Crippen LogP) is 3.73. The van der Waals surface area contributed by atoms with Crippen molar-refractivity contribution in [1.29, 1.82) is 0 Å². The molecule has 0 unspecified atom stereocenters. The number of amides is 1. The molecule has 0 aromatic heterocycles. The lowest BCUT2D eigenvalue weighted by Gasteiger charge is -2.13. The molecule has 0 bridgehead atoms. The minimum Gasteiger partial charge on any atom is -0.495 e. The van der Waals surface area contributed by atoms with Crippen LogP contribution in [0.25, 0.3) is 0 Å². The number of rotatable bonds is 7. The third-order valence-electron chi connectivity index (χ3n) is 3.40. The summed E-state index contributed by atoms with van der Waals surface area (Å²) >= 11 is 6.02. The topological polar surface area (TPSA) is 103 Å². The lowest BCUT2D eigenvalue weighted by molar-refractivity contribution is 0.168. The van der Waals surface area contributed by atoms with E-state index in [-0.39, 0.29) is 33.6 Å². The average molecular weight is 415 g/mol. The minimum absolute atomic E-state index is 0.0814. The van der Waals surface area contributed by atoms with Gasteiger partial charge in [0.05, 0.1) is 42.1 Å². The summed E-state index contributed by atoms with van der Waals surface area (Å²) in [7, 11) is -1.08. The van der Waals surface area contributed by atoms with Gasteiger partial charge < -0.3 is 14.2 Å². The Hall–Kier alpha value is -2.65. The molecule has 2 aromatic rings. The Balaban J connectivity index is 2.32. The molecule has 0 aliphatic rings. The lowest BCUT2D eigenvalue weighted by Crippen LogP contribution is -2.16. The van der Waals surface area contributed by atoms with Crippen molar-refractivity contribution in [2.45, 2.75) is 11.8 Å². The first-order valence-electron chi connectivity index (χ1n) is 7.79. The molecule has 2 rings (SSSR count). The molecule has 0 fully saturated rings. The normalized spacial score (nSPS) is 10.8. The maximum absolute atomic E-state index is 12.7. The van der Waals surface area contributed by atoms with Crippen molar-refractivity contribution < 1.29 is 27.4 Å². The number of carbonyl (C=O) groups excluding carboxylic acids is 1. The third-order valence-corrected chi connectivity index (χ3v) is 5.07. The standard InChI is InChI=1S/C17H19ClN2O6S/c1-4-26-17(21)19-14-10-12(6-8-16(14)25-3)27(22,23)20-11-5-7-15(24-2)13(18)9-11/h5-10,20H,4H2,1-3H3,(H,19,21). The summed E-state index contributed by atoms with van der Waals surface area (Å²) in [5.74, 6) is 0.708. The predicted molar refractivity (Wildman–Crippen MR) is 102 cm³/mol. The molecule has 8 nitrogen and oxygen atoms in total. The summed E-state index contributed by atoms with van der Waals surface area (Å²) in [6, 6.07) is 8.54. The molecule has 0 spiro atoms. The summed E-state index contributed by atoms with van der Waals surface area (Å²) in [6.45, 7) is 1.83. The molecule has 1 amide bonds. The van der Waals surface area contributed by atoms with E-state index in [1.807, 2.05) is 0 Å². The van der Waals surface area contributed by atoms with E-state index in [0.717, 1.165) is 0 Å². The van der Waals surface area contributed by atoms with Crippen LogP contribution in [0.1, 0.15) is 6.92 Å². The highest BCUT2D eigenvalue weighted by molar-refractivity contribution is 7.92. The lowest BCUT2D eigenvalue weighted by atomic mass is 10.3. The second-order valence-electron chi connectivity index (χ2n) is 5.16. The zero-order valence-electron chi connectivity index (χ0n) is 14.9. The van der Waals surface area contributed by atoms with Crippen molar-refractivity contribution >= 4 is 39.1 Å². The molecule has 27 heavy (non-hydrogen) atoms. The number of nitrogens with one attached hydrogen (secondary N) is 2. The minimum atomic E-state index is -3.94. The molecule has 10 heteroatoms. The number of sulfonamides is 1. The summed E-state index contributed by atoms with van der Waals surface area (Å²) in [5, 5.41) is 2.71. The van der Waals surface area contributed by atoms with Gasteiger partial charge in [-0.3, -0.25) is 10.0 Å². The Morgan fingerprint density at radius 1 is 1.07 bits per heavy atom. The van der Waals surface area contributed by atoms with E-state index < -0.39 is 16.1 Å². The zero-order valence-corrected chi connectivity index (χ0v) is 16.5. The maximum Gasteiger partial charge on any atom is 0.411 e. The second kappa shape index (κ2) is 8.83. The summed E-state index contributed by atoms with van der Waals surface area (Å²) in [4.78, 5) is 11.6. The van der Waals surface area contributed by atoms with E-state index in [4.69, 9.17) is 25.8 Å². The molecule has 0 saturated heterocycles. The number of ether oxygens (including phenoxy) is 3. The van der Waals surface area contributed by atoms with Gasteiger partial charge in [-0.05, 0) is 43.3 Å². The first-order valence-corrected chi connectivity index (χ1v) is 9.65. The number of halogens is 1. The summed E-state index contributed by atoms with van der Waals surface area (Å²) < 4.78 is 42.7. The van der Waals surface area contributed by atoms with Crippen LogP contribution in [0.15, 0.2) is 41.3 Å². The van der Waals surface area contributed by atoms with Crippen molar-refractivity contribution in [1.82, 2.24) is 0 Å². The van der Waals surface area contributed by atoms with E-state index in [2.05, 4.69) is 10.0 Å². The van der Waals surface area contributed by atoms with Gasteiger partial charge in [-0.1, -0.05) is 11.6 Å². The SMILES string of the molecule is CCOC(=O)Nc1cc(S(=O)(=O)Nc2ccc(OC)c(Cl)c2)ccc1OC. The Bertz CT molecular complexity index is 933. The highest BCUT2D eigenvalue weighted by Crippen LogP contribution is 2.31. The van der Waals surface area contributed by atoms with Crippen LogP contribution in [-0.4, -0.2) is 35.3 Å². The monoisotopic (exact) mass is 414 g/mol. The molecule has 0 radical (unpaired) electrons. The largest absolute Gasteiger partial charge is 0.495 e.